The van der Waals surface area contributed by atoms with Crippen LogP contribution >= 0.6 is 11.3 Å². The summed E-state index contributed by atoms with van der Waals surface area (Å²) in [5.41, 5.74) is 2.29. The van der Waals surface area contributed by atoms with E-state index in [1.807, 2.05) is 42.5 Å². The minimum Gasteiger partial charge on any atom is -0.402 e. The Balaban J connectivity index is 1.32. The lowest BCUT2D eigenvalue weighted by atomic mass is 10.0. The molecule has 2 aliphatic rings. The number of para-hydroxylation sites is 1. The van der Waals surface area contributed by atoms with E-state index in [1.54, 1.807) is 12.1 Å². The first-order valence-corrected chi connectivity index (χ1v) is 12.8. The second-order valence-corrected chi connectivity index (χ2v) is 9.81. The molecular formula is C25H19F3N8O3S. The molecule has 0 saturated carbocycles. The van der Waals surface area contributed by atoms with Crippen LogP contribution in [0.4, 0.5) is 29.9 Å². The number of anilines is 3. The molecule has 4 aromatic rings. The maximum absolute atomic E-state index is 13.5. The summed E-state index contributed by atoms with van der Waals surface area (Å²) in [7, 11) is 0. The number of thiazole rings is 1. The molecular weight excluding hydrogens is 549 g/mol. The summed E-state index contributed by atoms with van der Waals surface area (Å²) in [4.78, 5) is 33.4. The Labute approximate surface area is 227 Å². The highest BCUT2D eigenvalue weighted by atomic mass is 32.1. The monoisotopic (exact) mass is 568 g/mol. The van der Waals surface area contributed by atoms with Gasteiger partial charge in [-0.3, -0.25) is 9.59 Å². The molecule has 11 nitrogen and oxygen atoms in total. The number of rotatable bonds is 6. The van der Waals surface area contributed by atoms with Crippen molar-refractivity contribution in [3.63, 3.8) is 0 Å². The van der Waals surface area contributed by atoms with Gasteiger partial charge in [0.05, 0.1) is 11.4 Å². The molecule has 2 amide bonds. The van der Waals surface area contributed by atoms with Gasteiger partial charge in [-0.2, -0.15) is 13.2 Å². The number of fused-ring (bicyclic) bond motifs is 1. The molecule has 0 radical (unpaired) electrons. The van der Waals surface area contributed by atoms with Crippen LogP contribution in [0.3, 0.4) is 0 Å². The Morgan fingerprint density at radius 1 is 0.975 bits per heavy atom. The fourth-order valence-corrected chi connectivity index (χ4v) is 5.13. The van der Waals surface area contributed by atoms with Crippen molar-refractivity contribution in [2.75, 3.05) is 22.5 Å². The number of hydrogen-bond acceptors (Lipinski definition) is 10. The number of halogens is 3. The molecule has 0 bridgehead atoms. The van der Waals surface area contributed by atoms with Crippen molar-refractivity contribution in [1.29, 1.82) is 0 Å². The lowest BCUT2D eigenvalue weighted by molar-refractivity contribution is -0.137. The van der Waals surface area contributed by atoms with Gasteiger partial charge in [-0.15, -0.1) is 5.10 Å². The molecule has 1 saturated heterocycles. The molecule has 6 rings (SSSR count). The molecule has 2 aromatic heterocycles. The summed E-state index contributed by atoms with van der Waals surface area (Å²) in [6.45, 7) is 0.393. The maximum atomic E-state index is 13.5. The van der Waals surface area contributed by atoms with Crippen LogP contribution in [-0.4, -0.2) is 51.5 Å². The van der Waals surface area contributed by atoms with Crippen LogP contribution in [0, 0.1) is 0 Å². The molecule has 0 spiro atoms. The van der Waals surface area contributed by atoms with Crippen molar-refractivity contribution in [2.45, 2.75) is 24.8 Å². The van der Waals surface area contributed by atoms with Crippen molar-refractivity contribution in [3.8, 4) is 11.6 Å². The number of nitrogens with one attached hydrogen (secondary N) is 4. The number of carbonyl (C=O) groups excluding carboxylic acids is 2. The highest BCUT2D eigenvalue weighted by Crippen LogP contribution is 2.41. The van der Waals surface area contributed by atoms with E-state index in [9.17, 15) is 22.8 Å². The first-order valence-electron chi connectivity index (χ1n) is 12.0. The van der Waals surface area contributed by atoms with E-state index in [2.05, 4.69) is 41.4 Å². The predicted octanol–water partition coefficient (Wildman–Crippen LogP) is 3.74. The zero-order valence-corrected chi connectivity index (χ0v) is 21.1. The zero-order chi connectivity index (χ0) is 27.9. The first kappa shape index (κ1) is 25.5. The van der Waals surface area contributed by atoms with E-state index in [4.69, 9.17) is 4.42 Å². The number of carbonyl (C=O) groups is 2. The summed E-state index contributed by atoms with van der Waals surface area (Å²) in [6, 6.07) is 15.4. The molecule has 4 N–H and O–H groups in total. The van der Waals surface area contributed by atoms with Gasteiger partial charge in [0.1, 0.15) is 11.0 Å². The van der Waals surface area contributed by atoms with Crippen LogP contribution in [0.5, 0.6) is 0 Å². The fourth-order valence-electron chi connectivity index (χ4n) is 4.25. The third-order valence-corrected chi connectivity index (χ3v) is 7.14. The van der Waals surface area contributed by atoms with E-state index in [1.165, 1.54) is 0 Å². The second kappa shape index (κ2) is 10.1. The number of benzodiazepines with no additional fused rings is 1. The van der Waals surface area contributed by atoms with Crippen molar-refractivity contribution < 1.29 is 27.2 Å². The van der Waals surface area contributed by atoms with Crippen molar-refractivity contribution >= 4 is 45.6 Å². The van der Waals surface area contributed by atoms with Gasteiger partial charge in [0, 0.05) is 17.7 Å². The van der Waals surface area contributed by atoms with E-state index >= 15 is 0 Å². The minimum absolute atomic E-state index is 0.0448. The van der Waals surface area contributed by atoms with Crippen molar-refractivity contribution in [3.05, 3.63) is 70.7 Å². The molecule has 4 heterocycles. The highest BCUT2D eigenvalue weighted by Gasteiger charge is 2.38. The smallest absolute Gasteiger partial charge is 0.402 e. The molecule has 204 valence electrons. The summed E-state index contributed by atoms with van der Waals surface area (Å²) in [5, 5.41) is 17.5. The van der Waals surface area contributed by atoms with Crippen LogP contribution in [0.1, 0.15) is 22.6 Å². The summed E-state index contributed by atoms with van der Waals surface area (Å²) in [6.07, 6.45) is -5.56. The average Bonchev–Trinajstić information content (AvgIpc) is 3.66. The number of aliphatic imine (C=N–C) groups is 1. The lowest BCUT2D eigenvalue weighted by Gasteiger charge is -2.11. The molecule has 40 heavy (non-hydrogen) atoms. The quantitative estimate of drug-likeness (QED) is 0.275. The number of nitrogens with zero attached hydrogens (tertiary/aromatic N) is 4. The van der Waals surface area contributed by atoms with Crippen LogP contribution in [0.2, 0.25) is 0 Å². The van der Waals surface area contributed by atoms with Gasteiger partial charge >= 0.3 is 12.2 Å². The second-order valence-electron chi connectivity index (χ2n) is 8.81. The Morgan fingerprint density at radius 2 is 1.75 bits per heavy atom. The Kier molecular flexibility index (Phi) is 6.42. The molecule has 1 fully saturated rings. The predicted molar refractivity (Wildman–Crippen MR) is 140 cm³/mol. The zero-order valence-electron chi connectivity index (χ0n) is 20.3. The number of hydrogen-bond donors (Lipinski definition) is 4. The Morgan fingerprint density at radius 3 is 2.50 bits per heavy atom. The standard InChI is InChI=1S/C25H19F3N8O3S/c26-25(27,28)23-33-17(22(40-23)31-15-10-11-29-19(15)37)21-35-36-24(39-21)34-18-20(38)30-14-9-5-4-8-13(14)16(32-18)12-6-2-1-3-7-12/h1-9,15,18,31H,10-11H2,(H,29,37)(H,30,38)(H,34,36)/t15-,18-/m1/s1. The van der Waals surface area contributed by atoms with Gasteiger partial charge in [0.2, 0.25) is 17.1 Å². The van der Waals surface area contributed by atoms with Crippen LogP contribution < -0.4 is 21.3 Å². The van der Waals surface area contributed by atoms with Crippen LogP contribution in [0.15, 0.2) is 64.0 Å². The third-order valence-electron chi connectivity index (χ3n) is 6.11. The van der Waals surface area contributed by atoms with Crippen LogP contribution in [-0.2, 0) is 15.8 Å². The van der Waals surface area contributed by atoms with Gasteiger partial charge in [-0.05, 0) is 12.5 Å². The fraction of sp³-hybridized carbons (Fsp3) is 0.200. The maximum Gasteiger partial charge on any atom is 0.443 e. The topological polar surface area (TPSA) is 146 Å². The SMILES string of the molecule is O=C1Nc2ccccc2C(c2ccccc2)=N[C@@H]1Nc1nnc(-c2nc(C(F)(F)F)sc2N[C@@H]2CCNC2=O)o1. The number of aromatic nitrogens is 3. The van der Waals surface area contributed by atoms with E-state index in [0.29, 0.717) is 41.3 Å². The van der Waals surface area contributed by atoms with Gasteiger partial charge in [0.15, 0.2) is 5.69 Å². The minimum atomic E-state index is -4.73. The third kappa shape index (κ3) is 4.98. The Bertz CT molecular complexity index is 1620. The average molecular weight is 569 g/mol. The molecule has 2 aliphatic heterocycles. The summed E-state index contributed by atoms with van der Waals surface area (Å²) < 4.78 is 46.0. The molecule has 0 aliphatic carbocycles. The summed E-state index contributed by atoms with van der Waals surface area (Å²) in [5.74, 6) is -1.19. The van der Waals surface area contributed by atoms with Crippen molar-refractivity contribution in [1.82, 2.24) is 20.5 Å². The molecule has 2 aromatic carbocycles. The molecule has 15 heteroatoms. The van der Waals surface area contributed by atoms with Gasteiger partial charge in [-0.25, -0.2) is 9.98 Å². The number of alkyl halides is 3. The first-order chi connectivity index (χ1) is 19.3. The van der Waals surface area contributed by atoms with Gasteiger partial charge in [0.25, 0.3) is 11.8 Å². The number of benzene rings is 2. The normalized spacial score (nSPS) is 18.8. The lowest BCUT2D eigenvalue weighted by Crippen LogP contribution is -2.32. The molecule has 0 unspecified atom stereocenters. The highest BCUT2D eigenvalue weighted by molar-refractivity contribution is 7.16. The Hall–Kier alpha value is -4.79. The van der Waals surface area contributed by atoms with Gasteiger partial charge < -0.3 is 25.7 Å². The van der Waals surface area contributed by atoms with Crippen molar-refractivity contribution in [2.24, 2.45) is 4.99 Å². The van der Waals surface area contributed by atoms with E-state index in [0.717, 1.165) is 5.56 Å². The summed E-state index contributed by atoms with van der Waals surface area (Å²) >= 11 is 0.328. The van der Waals surface area contributed by atoms with Gasteiger partial charge in [-0.1, -0.05) is 65.0 Å². The number of amides is 2. The largest absolute Gasteiger partial charge is 0.443 e. The molecule has 2 atom stereocenters. The van der Waals surface area contributed by atoms with E-state index < -0.39 is 29.3 Å². The van der Waals surface area contributed by atoms with Crippen LogP contribution in [0.25, 0.3) is 11.6 Å². The van der Waals surface area contributed by atoms with E-state index in [-0.39, 0.29) is 28.5 Å².